The van der Waals surface area contributed by atoms with Crippen molar-refractivity contribution in [2.75, 3.05) is 26.7 Å². The lowest BCUT2D eigenvalue weighted by Gasteiger charge is -2.34. The Morgan fingerprint density at radius 2 is 1.85 bits per heavy atom. The molecule has 138 valence electrons. The number of piperazine rings is 1. The van der Waals surface area contributed by atoms with Crippen LogP contribution >= 0.6 is 0 Å². The van der Waals surface area contributed by atoms with Crippen molar-refractivity contribution in [3.63, 3.8) is 0 Å². The van der Waals surface area contributed by atoms with Crippen molar-refractivity contribution in [1.82, 2.24) is 15.1 Å². The average Bonchev–Trinajstić information content (AvgIpc) is 2.65. The van der Waals surface area contributed by atoms with Crippen molar-refractivity contribution < 1.29 is 9.18 Å². The molecule has 1 fully saturated rings. The highest BCUT2D eigenvalue weighted by molar-refractivity contribution is 5.79. The van der Waals surface area contributed by atoms with Crippen molar-refractivity contribution in [3.05, 3.63) is 71.5 Å². The number of amides is 1. The van der Waals surface area contributed by atoms with E-state index in [0.717, 1.165) is 25.1 Å². The molecule has 2 aromatic rings. The largest absolute Gasteiger partial charge is 0.336 e. The molecule has 1 atom stereocenters. The standard InChI is InChI=1S/C21H26FN3O/c1-24(14-17-5-3-2-4-6-17)12-11-20-16-25(21(26)13-23-20)15-18-7-9-19(22)10-8-18/h2-10,20,23H,11-16H2,1H3. The van der Waals surface area contributed by atoms with Gasteiger partial charge in [0.1, 0.15) is 5.82 Å². The predicted molar refractivity (Wildman–Crippen MR) is 101 cm³/mol. The fourth-order valence-electron chi connectivity index (χ4n) is 3.28. The number of halogens is 1. The predicted octanol–water partition coefficient (Wildman–Crippen LogP) is 2.65. The molecule has 1 aliphatic heterocycles. The normalized spacial score (nSPS) is 17.7. The summed E-state index contributed by atoms with van der Waals surface area (Å²) in [6, 6.07) is 17.1. The van der Waals surface area contributed by atoms with Gasteiger partial charge in [0.25, 0.3) is 0 Å². The molecule has 0 aliphatic carbocycles. The number of benzene rings is 2. The second-order valence-electron chi connectivity index (χ2n) is 6.99. The number of rotatable bonds is 7. The number of carbonyl (C=O) groups excluding carboxylic acids is 1. The molecule has 3 rings (SSSR count). The van der Waals surface area contributed by atoms with Gasteiger partial charge in [0, 0.05) is 25.7 Å². The molecule has 1 unspecified atom stereocenters. The first-order valence-electron chi connectivity index (χ1n) is 9.08. The van der Waals surface area contributed by atoms with Crippen molar-refractivity contribution in [3.8, 4) is 0 Å². The summed E-state index contributed by atoms with van der Waals surface area (Å²) in [5, 5.41) is 3.34. The van der Waals surface area contributed by atoms with Crippen molar-refractivity contribution >= 4 is 5.91 Å². The molecule has 1 aliphatic rings. The van der Waals surface area contributed by atoms with Gasteiger partial charge in [0.2, 0.25) is 5.91 Å². The minimum Gasteiger partial charge on any atom is -0.336 e. The minimum atomic E-state index is -0.250. The van der Waals surface area contributed by atoms with Crippen LogP contribution in [0.1, 0.15) is 17.5 Å². The Labute approximate surface area is 154 Å². The van der Waals surface area contributed by atoms with Gasteiger partial charge in [-0.3, -0.25) is 4.79 Å². The Hall–Kier alpha value is -2.24. The Bertz CT molecular complexity index is 705. The number of hydrogen-bond acceptors (Lipinski definition) is 3. The summed E-state index contributed by atoms with van der Waals surface area (Å²) in [4.78, 5) is 16.3. The fourth-order valence-corrected chi connectivity index (χ4v) is 3.28. The zero-order valence-corrected chi connectivity index (χ0v) is 15.2. The maximum atomic E-state index is 13.0. The number of hydrogen-bond donors (Lipinski definition) is 1. The molecule has 0 bridgehead atoms. The molecule has 0 aromatic heterocycles. The van der Waals surface area contributed by atoms with Gasteiger partial charge in [0.05, 0.1) is 6.54 Å². The van der Waals surface area contributed by atoms with Crippen LogP contribution in [0.2, 0.25) is 0 Å². The van der Waals surface area contributed by atoms with E-state index in [1.165, 1.54) is 17.7 Å². The zero-order valence-electron chi connectivity index (χ0n) is 15.2. The van der Waals surface area contributed by atoms with Gasteiger partial charge in [-0.15, -0.1) is 0 Å². The average molecular weight is 355 g/mol. The van der Waals surface area contributed by atoms with Crippen LogP contribution in [0, 0.1) is 5.82 Å². The van der Waals surface area contributed by atoms with Crippen LogP contribution < -0.4 is 5.32 Å². The summed E-state index contributed by atoms with van der Waals surface area (Å²) in [5.74, 6) is -0.150. The van der Waals surface area contributed by atoms with E-state index in [1.807, 2.05) is 11.0 Å². The number of carbonyl (C=O) groups is 1. The van der Waals surface area contributed by atoms with Gasteiger partial charge < -0.3 is 15.1 Å². The third-order valence-corrected chi connectivity index (χ3v) is 4.78. The first kappa shape index (κ1) is 18.5. The Morgan fingerprint density at radius 3 is 2.58 bits per heavy atom. The molecular formula is C21H26FN3O. The second-order valence-corrected chi connectivity index (χ2v) is 6.99. The van der Waals surface area contributed by atoms with E-state index in [1.54, 1.807) is 12.1 Å². The van der Waals surface area contributed by atoms with Crippen LogP contribution in [0.5, 0.6) is 0 Å². The summed E-state index contributed by atoms with van der Waals surface area (Å²) in [6.45, 7) is 3.48. The number of nitrogens with one attached hydrogen (secondary N) is 1. The van der Waals surface area contributed by atoms with Crippen molar-refractivity contribution in [1.29, 1.82) is 0 Å². The van der Waals surface area contributed by atoms with E-state index < -0.39 is 0 Å². The molecule has 0 saturated carbocycles. The zero-order chi connectivity index (χ0) is 18.4. The molecule has 1 amide bonds. The van der Waals surface area contributed by atoms with Gasteiger partial charge in [0.15, 0.2) is 0 Å². The van der Waals surface area contributed by atoms with E-state index in [0.29, 0.717) is 19.6 Å². The highest BCUT2D eigenvalue weighted by atomic mass is 19.1. The topological polar surface area (TPSA) is 35.6 Å². The molecule has 1 N–H and O–H groups in total. The van der Waals surface area contributed by atoms with E-state index >= 15 is 0 Å². The SMILES string of the molecule is CN(CCC1CN(Cc2ccc(F)cc2)C(=O)CN1)Cc1ccccc1. The molecule has 0 radical (unpaired) electrons. The Morgan fingerprint density at radius 1 is 1.12 bits per heavy atom. The monoisotopic (exact) mass is 355 g/mol. The smallest absolute Gasteiger partial charge is 0.236 e. The molecule has 1 saturated heterocycles. The minimum absolute atomic E-state index is 0.100. The first-order chi connectivity index (χ1) is 12.6. The van der Waals surface area contributed by atoms with E-state index in [2.05, 4.69) is 41.5 Å². The molecule has 0 spiro atoms. The van der Waals surface area contributed by atoms with Crippen molar-refractivity contribution in [2.45, 2.75) is 25.6 Å². The summed E-state index contributed by atoms with van der Waals surface area (Å²) in [6.07, 6.45) is 0.983. The lowest BCUT2D eigenvalue weighted by Crippen LogP contribution is -2.54. The first-order valence-corrected chi connectivity index (χ1v) is 9.08. The lowest BCUT2D eigenvalue weighted by atomic mass is 10.1. The van der Waals surface area contributed by atoms with Crippen molar-refractivity contribution in [2.24, 2.45) is 0 Å². The summed E-state index contributed by atoms with van der Waals surface area (Å²) in [7, 11) is 2.12. The van der Waals surface area contributed by atoms with Gasteiger partial charge in [-0.2, -0.15) is 0 Å². The maximum Gasteiger partial charge on any atom is 0.236 e. The molecule has 4 nitrogen and oxygen atoms in total. The Balaban J connectivity index is 1.48. The van der Waals surface area contributed by atoms with Gasteiger partial charge in [-0.25, -0.2) is 4.39 Å². The molecule has 2 aromatic carbocycles. The third kappa shape index (κ3) is 5.38. The molecule has 5 heteroatoms. The van der Waals surface area contributed by atoms with Gasteiger partial charge in [-0.1, -0.05) is 42.5 Å². The highest BCUT2D eigenvalue weighted by Crippen LogP contribution is 2.12. The van der Waals surface area contributed by atoms with Gasteiger partial charge >= 0.3 is 0 Å². The summed E-state index contributed by atoms with van der Waals surface area (Å²) in [5.41, 5.74) is 2.27. The van der Waals surface area contributed by atoms with E-state index in [4.69, 9.17) is 0 Å². The molecule has 1 heterocycles. The maximum absolute atomic E-state index is 13.0. The summed E-state index contributed by atoms with van der Waals surface area (Å²) >= 11 is 0. The van der Waals surface area contributed by atoms with Crippen LogP contribution in [-0.2, 0) is 17.9 Å². The number of nitrogens with zero attached hydrogens (tertiary/aromatic N) is 2. The van der Waals surface area contributed by atoms with E-state index in [-0.39, 0.29) is 17.8 Å². The molecular weight excluding hydrogens is 329 g/mol. The summed E-state index contributed by atoms with van der Waals surface area (Å²) < 4.78 is 13.0. The lowest BCUT2D eigenvalue weighted by molar-refractivity contribution is -0.133. The van der Waals surface area contributed by atoms with Crippen LogP contribution in [0.3, 0.4) is 0 Å². The van der Waals surface area contributed by atoms with Crippen LogP contribution in [0.15, 0.2) is 54.6 Å². The third-order valence-electron chi connectivity index (χ3n) is 4.78. The second kappa shape index (κ2) is 8.92. The van der Waals surface area contributed by atoms with Crippen LogP contribution in [0.25, 0.3) is 0 Å². The fraction of sp³-hybridized carbons (Fsp3) is 0.381. The van der Waals surface area contributed by atoms with E-state index in [9.17, 15) is 9.18 Å². The Kier molecular flexibility index (Phi) is 6.36. The molecule has 26 heavy (non-hydrogen) atoms. The highest BCUT2D eigenvalue weighted by Gasteiger charge is 2.25. The quantitative estimate of drug-likeness (QED) is 0.829. The van der Waals surface area contributed by atoms with Crippen LogP contribution in [0.4, 0.5) is 4.39 Å². The van der Waals surface area contributed by atoms with Crippen LogP contribution in [-0.4, -0.2) is 48.4 Å². The van der Waals surface area contributed by atoms with Gasteiger partial charge in [-0.05, 0) is 43.3 Å².